The fourth-order valence-corrected chi connectivity index (χ4v) is 3.81. The van der Waals surface area contributed by atoms with Gasteiger partial charge in [0.15, 0.2) is 5.78 Å². The number of aryl methyl sites for hydroxylation is 1. The van der Waals surface area contributed by atoms with E-state index in [1.807, 2.05) is 31.2 Å². The average molecular weight is 350 g/mol. The lowest BCUT2D eigenvalue weighted by Crippen LogP contribution is -2.37. The normalized spacial score (nSPS) is 14.3. The van der Waals surface area contributed by atoms with Gasteiger partial charge in [-0.05, 0) is 46.6 Å². The number of rotatable bonds is 1. The van der Waals surface area contributed by atoms with E-state index >= 15 is 0 Å². The number of nitrogens with zero attached hydrogens (tertiary/aromatic N) is 1. The number of ketones is 1. The molecule has 0 saturated carbocycles. The zero-order chi connectivity index (χ0) is 14.3. The number of hydrogen-bond donors (Lipinski definition) is 0. The summed E-state index contributed by atoms with van der Waals surface area (Å²) in [7, 11) is 0. The first-order valence-corrected chi connectivity index (χ1v) is 7.89. The van der Waals surface area contributed by atoms with E-state index in [1.165, 1.54) is 11.3 Å². The lowest BCUT2D eigenvalue weighted by molar-refractivity contribution is 0.0957. The highest BCUT2D eigenvalue weighted by molar-refractivity contribution is 9.11. The van der Waals surface area contributed by atoms with Crippen LogP contribution in [0.4, 0.5) is 5.69 Å². The summed E-state index contributed by atoms with van der Waals surface area (Å²) in [6, 6.07) is 9.19. The highest BCUT2D eigenvalue weighted by Crippen LogP contribution is 2.32. The van der Waals surface area contributed by atoms with Gasteiger partial charge < -0.3 is 4.90 Å². The van der Waals surface area contributed by atoms with Crippen molar-refractivity contribution in [1.82, 2.24) is 0 Å². The predicted octanol–water partition coefficient (Wildman–Crippen LogP) is 4.05. The van der Waals surface area contributed by atoms with Gasteiger partial charge in [0.25, 0.3) is 5.91 Å². The molecular formula is C15H12BrNO2S. The molecule has 1 aliphatic heterocycles. The molecule has 1 aromatic carbocycles. The summed E-state index contributed by atoms with van der Waals surface area (Å²) in [6.45, 7) is 2.41. The first-order valence-electron chi connectivity index (χ1n) is 6.28. The van der Waals surface area contributed by atoms with Gasteiger partial charge in [-0.15, -0.1) is 11.3 Å². The maximum Gasteiger partial charge on any atom is 0.268 e. The van der Waals surface area contributed by atoms with Crippen LogP contribution in [0.25, 0.3) is 0 Å². The van der Waals surface area contributed by atoms with E-state index in [9.17, 15) is 9.59 Å². The zero-order valence-corrected chi connectivity index (χ0v) is 13.3. The van der Waals surface area contributed by atoms with Gasteiger partial charge >= 0.3 is 0 Å². The quantitative estimate of drug-likeness (QED) is 0.778. The van der Waals surface area contributed by atoms with Crippen LogP contribution in [0, 0.1) is 6.92 Å². The second-order valence-corrected chi connectivity index (χ2v) is 7.08. The van der Waals surface area contributed by atoms with Crippen molar-refractivity contribution >= 4 is 44.6 Å². The first-order chi connectivity index (χ1) is 9.58. The highest BCUT2D eigenvalue weighted by atomic mass is 79.9. The van der Waals surface area contributed by atoms with Crippen molar-refractivity contribution < 1.29 is 9.59 Å². The number of Topliss-reactive ketones (excluding diaryl/α,β-unsaturated/α-hetero) is 1. The lowest BCUT2D eigenvalue weighted by Gasteiger charge is -2.28. The minimum atomic E-state index is -0.0382. The maximum absolute atomic E-state index is 12.6. The summed E-state index contributed by atoms with van der Waals surface area (Å²) in [5.41, 5.74) is 2.41. The molecule has 20 heavy (non-hydrogen) atoms. The molecule has 3 nitrogen and oxygen atoms in total. The third-order valence-corrected chi connectivity index (χ3v) is 5.50. The molecule has 0 fully saturated rings. The van der Waals surface area contributed by atoms with Crippen molar-refractivity contribution in [2.45, 2.75) is 13.3 Å². The molecule has 0 radical (unpaired) electrons. The summed E-state index contributed by atoms with van der Waals surface area (Å²) in [5.74, 6) is 0.0666. The molecule has 0 N–H and O–H groups in total. The monoisotopic (exact) mass is 349 g/mol. The SMILES string of the molecule is Cc1cc(C(=O)N2CCC(=O)c3ccccc32)sc1Br. The Balaban J connectivity index is 2.01. The molecule has 1 aromatic heterocycles. The second-order valence-electron chi connectivity index (χ2n) is 4.71. The molecular weight excluding hydrogens is 338 g/mol. The van der Waals surface area contributed by atoms with Crippen molar-refractivity contribution in [3.05, 3.63) is 50.1 Å². The van der Waals surface area contributed by atoms with Gasteiger partial charge in [0.2, 0.25) is 0 Å². The first kappa shape index (κ1) is 13.5. The number of amides is 1. The number of anilines is 1. The number of benzene rings is 1. The number of carbonyl (C=O) groups excluding carboxylic acids is 2. The summed E-state index contributed by atoms with van der Waals surface area (Å²) in [4.78, 5) is 26.9. The lowest BCUT2D eigenvalue weighted by atomic mass is 10.0. The van der Waals surface area contributed by atoms with Gasteiger partial charge in [0.05, 0.1) is 14.4 Å². The van der Waals surface area contributed by atoms with E-state index in [0.717, 1.165) is 15.0 Å². The molecule has 2 heterocycles. The molecule has 0 bridgehead atoms. The Labute approximate surface area is 129 Å². The summed E-state index contributed by atoms with van der Waals surface area (Å²) in [5, 5.41) is 0. The summed E-state index contributed by atoms with van der Waals surface area (Å²) in [6.07, 6.45) is 0.383. The minimum absolute atomic E-state index is 0.0382. The van der Waals surface area contributed by atoms with Gasteiger partial charge in [-0.25, -0.2) is 0 Å². The van der Waals surface area contributed by atoms with Crippen LogP contribution in [0.15, 0.2) is 34.1 Å². The van der Waals surface area contributed by atoms with Crippen LogP contribution in [0.1, 0.15) is 32.0 Å². The molecule has 102 valence electrons. The van der Waals surface area contributed by atoms with Crippen LogP contribution < -0.4 is 4.90 Å². The topological polar surface area (TPSA) is 37.4 Å². The summed E-state index contributed by atoms with van der Waals surface area (Å²) >= 11 is 4.88. The van der Waals surface area contributed by atoms with Crippen LogP contribution in [0.2, 0.25) is 0 Å². The molecule has 2 aromatic rings. The van der Waals surface area contributed by atoms with E-state index in [0.29, 0.717) is 23.4 Å². The van der Waals surface area contributed by atoms with Crippen molar-refractivity contribution in [2.24, 2.45) is 0 Å². The Morgan fingerprint density at radius 1 is 1.35 bits per heavy atom. The molecule has 0 atom stereocenters. The van der Waals surface area contributed by atoms with Gasteiger partial charge in [-0.2, -0.15) is 0 Å². The number of thiophene rings is 1. The van der Waals surface area contributed by atoms with Crippen LogP contribution in [0.5, 0.6) is 0 Å². The van der Waals surface area contributed by atoms with Gasteiger partial charge in [0.1, 0.15) is 0 Å². The molecule has 3 rings (SSSR count). The smallest absolute Gasteiger partial charge is 0.268 e. The van der Waals surface area contributed by atoms with E-state index in [1.54, 1.807) is 11.0 Å². The maximum atomic E-state index is 12.6. The van der Waals surface area contributed by atoms with Crippen LogP contribution >= 0.6 is 27.3 Å². The minimum Gasteiger partial charge on any atom is -0.306 e. The van der Waals surface area contributed by atoms with E-state index in [2.05, 4.69) is 15.9 Å². The van der Waals surface area contributed by atoms with Crippen LogP contribution in [-0.4, -0.2) is 18.2 Å². The number of carbonyl (C=O) groups is 2. The Kier molecular flexibility index (Phi) is 3.48. The molecule has 0 spiro atoms. The largest absolute Gasteiger partial charge is 0.306 e. The molecule has 1 aliphatic rings. The Morgan fingerprint density at radius 3 is 2.80 bits per heavy atom. The second kappa shape index (κ2) is 5.14. The fourth-order valence-electron chi connectivity index (χ4n) is 2.32. The Hall–Kier alpha value is -1.46. The average Bonchev–Trinajstić information content (AvgIpc) is 2.79. The third kappa shape index (κ3) is 2.21. The van der Waals surface area contributed by atoms with E-state index < -0.39 is 0 Å². The summed E-state index contributed by atoms with van der Waals surface area (Å²) < 4.78 is 0.974. The van der Waals surface area contributed by atoms with Crippen LogP contribution in [-0.2, 0) is 0 Å². The molecule has 0 saturated heterocycles. The fraction of sp³-hybridized carbons (Fsp3) is 0.200. The predicted molar refractivity (Wildman–Crippen MR) is 83.8 cm³/mol. The van der Waals surface area contributed by atoms with Crippen molar-refractivity contribution in [3.63, 3.8) is 0 Å². The third-order valence-electron chi connectivity index (χ3n) is 3.37. The van der Waals surface area contributed by atoms with Crippen molar-refractivity contribution in [2.75, 3.05) is 11.4 Å². The van der Waals surface area contributed by atoms with Gasteiger partial charge in [-0.1, -0.05) is 12.1 Å². The Morgan fingerprint density at radius 2 is 2.10 bits per heavy atom. The molecule has 0 unspecified atom stereocenters. The van der Waals surface area contributed by atoms with Crippen molar-refractivity contribution in [3.8, 4) is 0 Å². The van der Waals surface area contributed by atoms with Gasteiger partial charge in [0, 0.05) is 18.5 Å². The number of hydrogen-bond acceptors (Lipinski definition) is 3. The van der Waals surface area contributed by atoms with Crippen LogP contribution in [0.3, 0.4) is 0 Å². The number of fused-ring (bicyclic) bond motifs is 1. The molecule has 1 amide bonds. The number of halogens is 1. The Bertz CT molecular complexity index is 688. The van der Waals surface area contributed by atoms with E-state index in [-0.39, 0.29) is 11.7 Å². The van der Waals surface area contributed by atoms with Crippen molar-refractivity contribution in [1.29, 1.82) is 0 Å². The molecule has 0 aliphatic carbocycles. The number of para-hydroxylation sites is 1. The highest BCUT2D eigenvalue weighted by Gasteiger charge is 2.28. The standard InChI is InChI=1S/C15H12BrNO2S/c1-9-8-13(20-14(9)16)15(19)17-7-6-12(18)10-4-2-3-5-11(10)17/h2-5,8H,6-7H2,1H3. The van der Waals surface area contributed by atoms with E-state index in [4.69, 9.17) is 0 Å². The molecule has 5 heteroatoms. The zero-order valence-electron chi connectivity index (χ0n) is 10.9. The van der Waals surface area contributed by atoms with Gasteiger partial charge in [-0.3, -0.25) is 9.59 Å².